The number of methoxy groups -OCH3 is 1. The van der Waals surface area contributed by atoms with Crippen molar-refractivity contribution in [3.63, 3.8) is 0 Å². The fraction of sp³-hybridized carbons (Fsp3) is 0.200. The minimum atomic E-state index is 0.243. The molecule has 0 aliphatic heterocycles. The van der Waals surface area contributed by atoms with Crippen LogP contribution in [-0.2, 0) is 12.5 Å². The molecule has 100 valence electrons. The van der Waals surface area contributed by atoms with Crippen molar-refractivity contribution in [2.24, 2.45) is 0 Å². The second-order valence-electron chi connectivity index (χ2n) is 4.07. The fourth-order valence-electron chi connectivity index (χ4n) is 1.67. The maximum absolute atomic E-state index is 9.21. The number of phenols is 1. The lowest BCUT2D eigenvalue weighted by molar-refractivity contribution is 0.284. The highest BCUT2D eigenvalue weighted by atomic mass is 35.5. The van der Waals surface area contributed by atoms with Gasteiger partial charge < -0.3 is 14.6 Å². The van der Waals surface area contributed by atoms with E-state index in [1.807, 2.05) is 30.3 Å². The van der Waals surface area contributed by atoms with E-state index in [0.29, 0.717) is 24.0 Å². The molecule has 0 bridgehead atoms. The largest absolute Gasteiger partial charge is 0.508 e. The molecule has 2 aromatic rings. The molecule has 0 amide bonds. The van der Waals surface area contributed by atoms with Crippen LogP contribution < -0.4 is 9.47 Å². The Morgan fingerprint density at radius 3 is 2.32 bits per heavy atom. The molecule has 2 aromatic carbocycles. The molecule has 2 rings (SSSR count). The lowest BCUT2D eigenvalue weighted by Gasteiger charge is -2.11. The first-order valence-electron chi connectivity index (χ1n) is 5.86. The molecule has 0 heterocycles. The zero-order valence-electron chi connectivity index (χ0n) is 10.6. The van der Waals surface area contributed by atoms with Crippen molar-refractivity contribution in [1.82, 2.24) is 0 Å². The van der Waals surface area contributed by atoms with Crippen molar-refractivity contribution in [3.05, 3.63) is 53.6 Å². The molecular formula is C15H15ClO3. The zero-order valence-corrected chi connectivity index (χ0v) is 11.4. The molecule has 0 aromatic heterocycles. The Labute approximate surface area is 117 Å². The van der Waals surface area contributed by atoms with Gasteiger partial charge in [0.05, 0.1) is 7.11 Å². The topological polar surface area (TPSA) is 38.7 Å². The number of phenolic OH excluding ortho intramolecular Hbond substituents is 1. The van der Waals surface area contributed by atoms with Crippen LogP contribution in [-0.4, -0.2) is 12.2 Å². The van der Waals surface area contributed by atoms with Gasteiger partial charge >= 0.3 is 0 Å². The lowest BCUT2D eigenvalue weighted by Crippen LogP contribution is -1.98. The Balaban J connectivity index is 2.08. The van der Waals surface area contributed by atoms with Gasteiger partial charge in [-0.1, -0.05) is 18.2 Å². The number of hydrogen-bond acceptors (Lipinski definition) is 3. The fourth-order valence-corrected chi connectivity index (χ4v) is 1.83. The van der Waals surface area contributed by atoms with E-state index < -0.39 is 0 Å². The van der Waals surface area contributed by atoms with Crippen molar-refractivity contribution in [2.75, 3.05) is 7.11 Å². The van der Waals surface area contributed by atoms with Crippen LogP contribution in [0.5, 0.6) is 17.2 Å². The molecule has 0 saturated heterocycles. The predicted molar refractivity (Wildman–Crippen MR) is 75.0 cm³/mol. The summed E-state index contributed by atoms with van der Waals surface area (Å²) in [6, 6.07) is 12.5. The van der Waals surface area contributed by atoms with Crippen molar-refractivity contribution in [1.29, 1.82) is 0 Å². The van der Waals surface area contributed by atoms with Gasteiger partial charge in [-0.3, -0.25) is 0 Å². The summed E-state index contributed by atoms with van der Waals surface area (Å²) in [5.74, 6) is 2.02. The highest BCUT2D eigenvalue weighted by Gasteiger charge is 2.06. The second kappa shape index (κ2) is 6.34. The number of aromatic hydroxyl groups is 1. The molecule has 4 heteroatoms. The molecule has 0 aliphatic rings. The third-order valence-electron chi connectivity index (χ3n) is 2.71. The predicted octanol–water partition coefficient (Wildman–Crippen LogP) is 3.72. The van der Waals surface area contributed by atoms with E-state index in [0.717, 1.165) is 11.1 Å². The van der Waals surface area contributed by atoms with Crippen molar-refractivity contribution < 1.29 is 14.6 Å². The number of halogens is 1. The Morgan fingerprint density at radius 2 is 1.68 bits per heavy atom. The average molecular weight is 279 g/mol. The van der Waals surface area contributed by atoms with Crippen LogP contribution in [0.4, 0.5) is 0 Å². The maximum atomic E-state index is 9.21. The van der Waals surface area contributed by atoms with Gasteiger partial charge in [-0.25, -0.2) is 0 Å². The summed E-state index contributed by atoms with van der Waals surface area (Å²) in [5.41, 5.74) is 1.96. The molecule has 0 spiro atoms. The van der Waals surface area contributed by atoms with E-state index in [1.54, 1.807) is 19.2 Å². The van der Waals surface area contributed by atoms with E-state index >= 15 is 0 Å². The Bertz CT molecular complexity index is 538. The molecule has 0 fully saturated rings. The van der Waals surface area contributed by atoms with Gasteiger partial charge in [0.25, 0.3) is 0 Å². The van der Waals surface area contributed by atoms with Crippen molar-refractivity contribution >= 4 is 11.6 Å². The first-order chi connectivity index (χ1) is 9.22. The zero-order chi connectivity index (χ0) is 13.7. The van der Waals surface area contributed by atoms with Gasteiger partial charge in [0, 0.05) is 5.88 Å². The van der Waals surface area contributed by atoms with Crippen molar-refractivity contribution in [3.8, 4) is 17.2 Å². The summed E-state index contributed by atoms with van der Waals surface area (Å²) in [5, 5.41) is 9.21. The van der Waals surface area contributed by atoms with Crippen LogP contribution in [0.1, 0.15) is 11.1 Å². The van der Waals surface area contributed by atoms with Crippen LogP contribution in [0.15, 0.2) is 42.5 Å². The molecule has 0 atom stereocenters. The Kier molecular flexibility index (Phi) is 4.53. The monoisotopic (exact) mass is 278 g/mol. The highest BCUT2D eigenvalue weighted by molar-refractivity contribution is 6.17. The summed E-state index contributed by atoms with van der Waals surface area (Å²) in [6.07, 6.45) is 0. The summed E-state index contributed by atoms with van der Waals surface area (Å²) >= 11 is 5.78. The summed E-state index contributed by atoms with van der Waals surface area (Å²) in [7, 11) is 1.60. The molecule has 19 heavy (non-hydrogen) atoms. The van der Waals surface area contributed by atoms with E-state index in [1.165, 1.54) is 0 Å². The molecule has 0 radical (unpaired) electrons. The van der Waals surface area contributed by atoms with Gasteiger partial charge in [0.2, 0.25) is 0 Å². The number of rotatable bonds is 5. The van der Waals surface area contributed by atoms with Gasteiger partial charge in [-0.05, 0) is 35.4 Å². The van der Waals surface area contributed by atoms with E-state index in [4.69, 9.17) is 21.1 Å². The van der Waals surface area contributed by atoms with Crippen LogP contribution >= 0.6 is 11.6 Å². The normalized spacial score (nSPS) is 10.2. The SMILES string of the molecule is COc1cc(CCl)ccc1OCc1ccc(O)cc1. The Morgan fingerprint density at radius 1 is 1.00 bits per heavy atom. The average Bonchev–Trinajstić information content (AvgIpc) is 2.46. The molecule has 0 saturated carbocycles. The lowest BCUT2D eigenvalue weighted by atomic mass is 10.2. The standard InChI is InChI=1S/C15H15ClO3/c1-18-15-8-12(9-16)4-7-14(15)19-10-11-2-5-13(17)6-3-11/h2-8,17H,9-10H2,1H3. The maximum Gasteiger partial charge on any atom is 0.161 e. The third kappa shape index (κ3) is 3.55. The number of ether oxygens (including phenoxy) is 2. The van der Waals surface area contributed by atoms with Crippen molar-refractivity contribution in [2.45, 2.75) is 12.5 Å². The first kappa shape index (κ1) is 13.6. The van der Waals surface area contributed by atoms with Gasteiger partial charge in [0.1, 0.15) is 12.4 Å². The number of hydrogen-bond donors (Lipinski definition) is 1. The second-order valence-corrected chi connectivity index (χ2v) is 4.34. The van der Waals surface area contributed by atoms with Gasteiger partial charge in [-0.2, -0.15) is 0 Å². The summed E-state index contributed by atoms with van der Waals surface area (Å²) in [4.78, 5) is 0. The molecule has 1 N–H and O–H groups in total. The summed E-state index contributed by atoms with van der Waals surface area (Å²) < 4.78 is 11.0. The first-order valence-corrected chi connectivity index (χ1v) is 6.40. The van der Waals surface area contributed by atoms with E-state index in [-0.39, 0.29) is 5.75 Å². The molecule has 0 unspecified atom stereocenters. The summed E-state index contributed by atoms with van der Waals surface area (Å²) in [6.45, 7) is 0.414. The van der Waals surface area contributed by atoms with Gasteiger partial charge in [-0.15, -0.1) is 11.6 Å². The number of benzene rings is 2. The van der Waals surface area contributed by atoms with Crippen LogP contribution in [0.25, 0.3) is 0 Å². The molecular weight excluding hydrogens is 264 g/mol. The smallest absolute Gasteiger partial charge is 0.161 e. The van der Waals surface area contributed by atoms with Crippen LogP contribution in [0, 0.1) is 0 Å². The van der Waals surface area contributed by atoms with E-state index in [9.17, 15) is 5.11 Å². The quantitative estimate of drug-likeness (QED) is 0.847. The minimum absolute atomic E-state index is 0.243. The number of alkyl halides is 1. The molecule has 0 aliphatic carbocycles. The van der Waals surface area contributed by atoms with Crippen LogP contribution in [0.3, 0.4) is 0 Å². The van der Waals surface area contributed by atoms with Gasteiger partial charge in [0.15, 0.2) is 11.5 Å². The Hall–Kier alpha value is -1.87. The highest BCUT2D eigenvalue weighted by Crippen LogP contribution is 2.29. The van der Waals surface area contributed by atoms with Crippen LogP contribution in [0.2, 0.25) is 0 Å². The molecule has 3 nitrogen and oxygen atoms in total. The van der Waals surface area contributed by atoms with E-state index in [2.05, 4.69) is 0 Å². The minimum Gasteiger partial charge on any atom is -0.508 e. The third-order valence-corrected chi connectivity index (χ3v) is 3.02.